The molecule has 0 heterocycles. The average Bonchev–Trinajstić information content (AvgIpc) is 2.41. The van der Waals surface area contributed by atoms with E-state index in [1.54, 1.807) is 7.11 Å². The number of methoxy groups -OCH3 is 1. The van der Waals surface area contributed by atoms with Crippen LogP contribution in [0.1, 0.15) is 49.0 Å². The lowest BCUT2D eigenvalue weighted by Gasteiger charge is -2.43. The fraction of sp³-hybridized carbons (Fsp3) is 0.471. The maximum absolute atomic E-state index is 12.4. The molecule has 0 amide bonds. The van der Waals surface area contributed by atoms with E-state index in [0.717, 1.165) is 17.7 Å². The van der Waals surface area contributed by atoms with Gasteiger partial charge in [0.1, 0.15) is 5.75 Å². The average molecular weight is 256 g/mol. The third-order valence-corrected chi connectivity index (χ3v) is 4.86. The second-order valence-corrected chi connectivity index (χ2v) is 6.00. The van der Waals surface area contributed by atoms with E-state index in [4.69, 9.17) is 4.74 Å². The topological polar surface area (TPSA) is 26.3 Å². The van der Waals surface area contributed by atoms with Gasteiger partial charge in [-0.1, -0.05) is 31.9 Å². The lowest BCUT2D eigenvalue weighted by Crippen LogP contribution is -2.37. The van der Waals surface area contributed by atoms with Gasteiger partial charge in [0.05, 0.1) is 7.11 Å². The van der Waals surface area contributed by atoms with Gasteiger partial charge >= 0.3 is 0 Å². The molecule has 0 radical (unpaired) electrons. The van der Waals surface area contributed by atoms with Gasteiger partial charge in [-0.2, -0.15) is 0 Å². The minimum absolute atomic E-state index is 0.0349. The van der Waals surface area contributed by atoms with Crippen LogP contribution in [0.5, 0.6) is 5.75 Å². The number of benzene rings is 1. The Labute approximate surface area is 114 Å². The molecule has 2 atom stereocenters. The normalized spacial score (nSPS) is 29.3. The van der Waals surface area contributed by atoms with E-state index in [1.807, 2.05) is 18.2 Å². The number of hydrogen-bond acceptors (Lipinski definition) is 2. The first-order valence-corrected chi connectivity index (χ1v) is 7.01. The molecule has 0 aliphatic heterocycles. The Bertz CT molecular complexity index is 571. The van der Waals surface area contributed by atoms with Crippen LogP contribution in [0.2, 0.25) is 0 Å². The zero-order valence-corrected chi connectivity index (χ0v) is 11.8. The molecule has 19 heavy (non-hydrogen) atoms. The maximum Gasteiger partial charge on any atom is 0.186 e. The van der Waals surface area contributed by atoms with Crippen LogP contribution < -0.4 is 4.74 Å². The Hall–Kier alpha value is -1.57. The van der Waals surface area contributed by atoms with Crippen molar-refractivity contribution in [2.45, 2.75) is 38.5 Å². The van der Waals surface area contributed by atoms with E-state index >= 15 is 0 Å². The molecule has 2 heteroatoms. The third-order valence-electron chi connectivity index (χ3n) is 4.86. The molecule has 100 valence electrons. The van der Waals surface area contributed by atoms with Crippen LogP contribution in [0.3, 0.4) is 0 Å². The van der Waals surface area contributed by atoms with Crippen LogP contribution >= 0.6 is 0 Å². The second kappa shape index (κ2) is 4.22. The van der Waals surface area contributed by atoms with E-state index in [2.05, 4.69) is 19.9 Å². The molecule has 1 aromatic rings. The molecular formula is C17H20O2. The number of fused-ring (bicyclic) bond motifs is 3. The highest BCUT2D eigenvalue weighted by molar-refractivity contribution is 6.08. The smallest absolute Gasteiger partial charge is 0.186 e. The molecule has 2 aliphatic rings. The summed E-state index contributed by atoms with van der Waals surface area (Å²) in [6.07, 6.45) is 5.44. The van der Waals surface area contributed by atoms with Crippen molar-refractivity contribution < 1.29 is 9.53 Å². The highest BCUT2D eigenvalue weighted by Crippen LogP contribution is 2.49. The summed E-state index contributed by atoms with van der Waals surface area (Å²) in [6, 6.07) is 5.94. The van der Waals surface area contributed by atoms with Crippen LogP contribution in [0.25, 0.3) is 0 Å². The van der Waals surface area contributed by atoms with E-state index in [1.165, 1.54) is 24.0 Å². The molecule has 0 bridgehead atoms. The third kappa shape index (κ3) is 1.73. The largest absolute Gasteiger partial charge is 0.497 e. The Balaban J connectivity index is 2.19. The first-order chi connectivity index (χ1) is 9.06. The van der Waals surface area contributed by atoms with Gasteiger partial charge < -0.3 is 4.74 Å². The van der Waals surface area contributed by atoms with Gasteiger partial charge in [-0.15, -0.1) is 0 Å². The van der Waals surface area contributed by atoms with Gasteiger partial charge in [0, 0.05) is 11.0 Å². The molecule has 2 aliphatic carbocycles. The van der Waals surface area contributed by atoms with Crippen LogP contribution in [-0.4, -0.2) is 12.9 Å². The molecule has 1 fully saturated rings. The van der Waals surface area contributed by atoms with Crippen molar-refractivity contribution >= 4 is 5.78 Å². The Kier molecular flexibility index (Phi) is 2.77. The predicted molar refractivity (Wildman–Crippen MR) is 75.8 cm³/mol. The standard InChI is InChI=1S/C17H20O2/c1-11-5-4-8-17(2)14-7-6-12(19-3)9-13(14)16(18)10-15(11)17/h6-7,9-11H,4-5,8H2,1-3H3/t11-,17-/m1/s1. The molecule has 2 nitrogen and oxygen atoms in total. The number of carbonyl (C=O) groups excluding carboxylic acids is 1. The number of hydrogen-bond donors (Lipinski definition) is 0. The van der Waals surface area contributed by atoms with Crippen LogP contribution in [0.4, 0.5) is 0 Å². The van der Waals surface area contributed by atoms with Crippen LogP contribution in [-0.2, 0) is 5.41 Å². The van der Waals surface area contributed by atoms with Gasteiger partial charge in [-0.25, -0.2) is 0 Å². The molecule has 0 spiro atoms. The Morgan fingerprint density at radius 3 is 2.89 bits per heavy atom. The van der Waals surface area contributed by atoms with Gasteiger partial charge in [-0.3, -0.25) is 4.79 Å². The van der Waals surface area contributed by atoms with Crippen molar-refractivity contribution in [2.24, 2.45) is 5.92 Å². The van der Waals surface area contributed by atoms with Crippen molar-refractivity contribution in [3.05, 3.63) is 41.0 Å². The van der Waals surface area contributed by atoms with Crippen molar-refractivity contribution in [1.82, 2.24) is 0 Å². The summed E-state index contributed by atoms with van der Waals surface area (Å²) in [7, 11) is 1.64. The zero-order chi connectivity index (χ0) is 13.6. The monoisotopic (exact) mass is 256 g/mol. The number of ether oxygens (including phenoxy) is 1. The minimum atomic E-state index is 0.0349. The first-order valence-electron chi connectivity index (χ1n) is 7.01. The maximum atomic E-state index is 12.4. The van der Waals surface area contributed by atoms with Gasteiger partial charge in [-0.05, 0) is 42.5 Å². The minimum Gasteiger partial charge on any atom is -0.497 e. The molecule has 0 unspecified atom stereocenters. The molecule has 0 saturated heterocycles. The molecule has 0 N–H and O–H groups in total. The summed E-state index contributed by atoms with van der Waals surface area (Å²) in [4.78, 5) is 12.4. The fourth-order valence-electron chi connectivity index (χ4n) is 3.75. The quantitative estimate of drug-likeness (QED) is 0.762. The number of carbonyl (C=O) groups is 1. The first kappa shape index (κ1) is 12.5. The lowest BCUT2D eigenvalue weighted by atomic mass is 9.60. The second-order valence-electron chi connectivity index (χ2n) is 6.00. The summed E-state index contributed by atoms with van der Waals surface area (Å²) < 4.78 is 5.25. The van der Waals surface area contributed by atoms with E-state index < -0.39 is 0 Å². The lowest BCUT2D eigenvalue weighted by molar-refractivity contribution is 0.103. The van der Waals surface area contributed by atoms with E-state index in [0.29, 0.717) is 5.92 Å². The van der Waals surface area contributed by atoms with Crippen molar-refractivity contribution in [3.63, 3.8) is 0 Å². The predicted octanol–water partition coefficient (Wildman–Crippen LogP) is 3.90. The van der Waals surface area contributed by atoms with Crippen molar-refractivity contribution in [3.8, 4) is 5.75 Å². The highest BCUT2D eigenvalue weighted by atomic mass is 16.5. The molecular weight excluding hydrogens is 236 g/mol. The van der Waals surface area contributed by atoms with Gasteiger partial charge in [0.15, 0.2) is 5.78 Å². The summed E-state index contributed by atoms with van der Waals surface area (Å²) >= 11 is 0. The SMILES string of the molecule is COc1ccc2c(c1)C(=O)C=C1[C@H](C)CCC[C@@]12C. The summed E-state index contributed by atoms with van der Waals surface area (Å²) in [5.74, 6) is 1.41. The van der Waals surface area contributed by atoms with Crippen molar-refractivity contribution in [2.75, 3.05) is 7.11 Å². The van der Waals surface area contributed by atoms with Crippen molar-refractivity contribution in [1.29, 1.82) is 0 Å². The zero-order valence-electron chi connectivity index (χ0n) is 11.8. The summed E-state index contributed by atoms with van der Waals surface area (Å²) in [5, 5.41) is 0. The molecule has 1 saturated carbocycles. The molecule has 0 aromatic heterocycles. The van der Waals surface area contributed by atoms with E-state index in [-0.39, 0.29) is 11.2 Å². The number of allylic oxidation sites excluding steroid dienone is 2. The Morgan fingerprint density at radius 2 is 2.16 bits per heavy atom. The highest BCUT2D eigenvalue weighted by Gasteiger charge is 2.42. The van der Waals surface area contributed by atoms with Crippen LogP contribution in [0.15, 0.2) is 29.8 Å². The van der Waals surface area contributed by atoms with Gasteiger partial charge in [0.25, 0.3) is 0 Å². The molecule has 1 aromatic carbocycles. The number of rotatable bonds is 1. The van der Waals surface area contributed by atoms with Crippen LogP contribution in [0, 0.1) is 5.92 Å². The Morgan fingerprint density at radius 1 is 1.37 bits per heavy atom. The van der Waals surface area contributed by atoms with E-state index in [9.17, 15) is 4.79 Å². The summed E-state index contributed by atoms with van der Waals surface area (Å²) in [6.45, 7) is 4.53. The number of ketones is 1. The molecule has 3 rings (SSSR count). The summed E-state index contributed by atoms with van der Waals surface area (Å²) in [5.41, 5.74) is 3.36. The van der Waals surface area contributed by atoms with Gasteiger partial charge in [0.2, 0.25) is 0 Å². The fourth-order valence-corrected chi connectivity index (χ4v) is 3.75.